The van der Waals surface area contributed by atoms with Gasteiger partial charge in [0.2, 0.25) is 5.95 Å². The van der Waals surface area contributed by atoms with Crippen LogP contribution < -0.4 is 10.2 Å². The number of hydrogen-bond acceptors (Lipinski definition) is 6. The predicted molar refractivity (Wildman–Crippen MR) is 76.6 cm³/mol. The Kier molecular flexibility index (Phi) is 3.52. The van der Waals surface area contributed by atoms with Crippen LogP contribution >= 0.6 is 0 Å². The largest absolute Gasteiger partial charge is 0.363 e. The van der Waals surface area contributed by atoms with Gasteiger partial charge >= 0.3 is 0 Å². The third-order valence-electron chi connectivity index (χ3n) is 3.99. The van der Waals surface area contributed by atoms with E-state index in [2.05, 4.69) is 25.1 Å². The zero-order chi connectivity index (χ0) is 13.2. The van der Waals surface area contributed by atoms with Gasteiger partial charge in [-0.25, -0.2) is 4.98 Å². The first kappa shape index (κ1) is 12.6. The van der Waals surface area contributed by atoms with Crippen molar-refractivity contribution in [2.45, 2.75) is 6.04 Å². The van der Waals surface area contributed by atoms with E-state index in [4.69, 9.17) is 0 Å². The van der Waals surface area contributed by atoms with Gasteiger partial charge in [-0.05, 0) is 6.07 Å². The second-order valence-corrected chi connectivity index (χ2v) is 5.50. The minimum Gasteiger partial charge on any atom is -0.363 e. The van der Waals surface area contributed by atoms with Crippen LogP contribution in [0.2, 0.25) is 0 Å². The van der Waals surface area contributed by atoms with Crippen molar-refractivity contribution in [2.24, 2.45) is 0 Å². The van der Waals surface area contributed by atoms with E-state index in [-0.39, 0.29) is 0 Å². The lowest BCUT2D eigenvalue weighted by Crippen LogP contribution is -2.62. The monoisotopic (exact) mass is 262 g/mol. The predicted octanol–water partition coefficient (Wildman–Crippen LogP) is -0.0457. The van der Waals surface area contributed by atoms with Gasteiger partial charge < -0.3 is 10.2 Å². The molecule has 6 heteroatoms. The highest BCUT2D eigenvalue weighted by molar-refractivity contribution is 5.40. The number of hydrogen-bond donors (Lipinski definition) is 1. The van der Waals surface area contributed by atoms with Crippen LogP contribution in [-0.2, 0) is 0 Å². The standard InChI is InChI=1S/C13H22N6/c1-17(2)12-3-4-14-13(16-12)15-9-11-10-18-5-7-19(11)8-6-18/h3-4,11H,5-10H2,1-2H3,(H,14,15,16). The van der Waals surface area contributed by atoms with E-state index in [0.29, 0.717) is 6.04 Å². The van der Waals surface area contributed by atoms with Crippen molar-refractivity contribution in [1.29, 1.82) is 0 Å². The van der Waals surface area contributed by atoms with Crippen LogP contribution in [0, 0.1) is 0 Å². The Labute approximate surface area is 114 Å². The molecule has 4 rings (SSSR count). The van der Waals surface area contributed by atoms with Crippen LogP contribution in [0.3, 0.4) is 0 Å². The maximum atomic E-state index is 4.49. The van der Waals surface area contributed by atoms with Crippen molar-refractivity contribution in [2.75, 3.05) is 63.6 Å². The molecule has 3 saturated heterocycles. The summed E-state index contributed by atoms with van der Waals surface area (Å²) in [5.74, 6) is 1.66. The number of nitrogens with one attached hydrogen (secondary N) is 1. The fraction of sp³-hybridized carbons (Fsp3) is 0.692. The van der Waals surface area contributed by atoms with Crippen molar-refractivity contribution < 1.29 is 0 Å². The third-order valence-corrected chi connectivity index (χ3v) is 3.99. The maximum Gasteiger partial charge on any atom is 0.224 e. The number of piperazine rings is 3. The van der Waals surface area contributed by atoms with Crippen LogP contribution in [0.1, 0.15) is 0 Å². The number of nitrogens with zero attached hydrogens (tertiary/aromatic N) is 5. The summed E-state index contributed by atoms with van der Waals surface area (Å²) in [7, 11) is 3.98. The number of aromatic nitrogens is 2. The Morgan fingerprint density at radius 2 is 2.11 bits per heavy atom. The molecule has 104 valence electrons. The molecule has 0 radical (unpaired) electrons. The normalized spacial score (nSPS) is 29.3. The zero-order valence-electron chi connectivity index (χ0n) is 11.7. The highest BCUT2D eigenvalue weighted by atomic mass is 15.4. The van der Waals surface area contributed by atoms with Gasteiger partial charge in [-0.2, -0.15) is 4.98 Å². The molecule has 0 aromatic carbocycles. The van der Waals surface area contributed by atoms with E-state index in [1.807, 2.05) is 31.3 Å². The van der Waals surface area contributed by atoms with E-state index < -0.39 is 0 Å². The molecule has 3 aliphatic rings. The first-order valence-electron chi connectivity index (χ1n) is 6.93. The topological polar surface area (TPSA) is 47.5 Å². The van der Waals surface area contributed by atoms with Crippen molar-refractivity contribution in [3.05, 3.63) is 12.3 Å². The summed E-state index contributed by atoms with van der Waals surface area (Å²) in [6.07, 6.45) is 1.81. The van der Waals surface area contributed by atoms with Crippen LogP contribution in [0.25, 0.3) is 0 Å². The van der Waals surface area contributed by atoms with Gasteiger partial charge in [-0.1, -0.05) is 0 Å². The van der Waals surface area contributed by atoms with Gasteiger partial charge in [0.25, 0.3) is 0 Å². The summed E-state index contributed by atoms with van der Waals surface area (Å²) >= 11 is 0. The van der Waals surface area contributed by atoms with Crippen LogP contribution in [-0.4, -0.2) is 79.2 Å². The molecule has 0 saturated carbocycles. The molecule has 2 bridgehead atoms. The summed E-state index contributed by atoms with van der Waals surface area (Å²) < 4.78 is 0. The minimum atomic E-state index is 0.592. The molecule has 1 atom stereocenters. The average molecular weight is 262 g/mol. The Bertz CT molecular complexity index is 427. The van der Waals surface area contributed by atoms with Gasteiger partial charge in [0, 0.05) is 65.6 Å². The van der Waals surface area contributed by atoms with Gasteiger partial charge in [-0.15, -0.1) is 0 Å². The summed E-state index contributed by atoms with van der Waals surface area (Å²) in [5.41, 5.74) is 0. The lowest BCUT2D eigenvalue weighted by Gasteiger charge is -2.47. The average Bonchev–Trinajstić information content (AvgIpc) is 2.47. The molecule has 3 aliphatic heterocycles. The van der Waals surface area contributed by atoms with E-state index in [0.717, 1.165) is 18.3 Å². The first-order chi connectivity index (χ1) is 9.22. The Hall–Kier alpha value is -1.40. The van der Waals surface area contributed by atoms with Crippen molar-refractivity contribution in [3.8, 4) is 0 Å². The van der Waals surface area contributed by atoms with Crippen LogP contribution in [0.4, 0.5) is 11.8 Å². The van der Waals surface area contributed by atoms with E-state index in [9.17, 15) is 0 Å². The second-order valence-electron chi connectivity index (χ2n) is 5.50. The molecular weight excluding hydrogens is 240 g/mol. The van der Waals surface area contributed by atoms with Crippen molar-refractivity contribution in [1.82, 2.24) is 19.8 Å². The molecule has 4 heterocycles. The first-order valence-corrected chi connectivity index (χ1v) is 6.93. The molecule has 1 aromatic heterocycles. The van der Waals surface area contributed by atoms with E-state index in [1.54, 1.807) is 0 Å². The van der Waals surface area contributed by atoms with Gasteiger partial charge in [0.1, 0.15) is 5.82 Å². The number of rotatable bonds is 4. The fourth-order valence-corrected chi connectivity index (χ4v) is 2.81. The highest BCUT2D eigenvalue weighted by Gasteiger charge is 2.31. The molecule has 0 amide bonds. The van der Waals surface area contributed by atoms with Crippen molar-refractivity contribution >= 4 is 11.8 Å². The third kappa shape index (κ3) is 2.79. The van der Waals surface area contributed by atoms with E-state index >= 15 is 0 Å². The Morgan fingerprint density at radius 1 is 1.32 bits per heavy atom. The Balaban J connectivity index is 1.58. The quantitative estimate of drug-likeness (QED) is 0.821. The lowest BCUT2D eigenvalue weighted by atomic mass is 10.1. The molecule has 6 nitrogen and oxygen atoms in total. The summed E-state index contributed by atoms with van der Waals surface area (Å²) in [5, 5.41) is 3.38. The smallest absolute Gasteiger partial charge is 0.224 e. The number of fused-ring (bicyclic) bond motifs is 3. The molecule has 0 aliphatic carbocycles. The molecule has 1 aromatic rings. The van der Waals surface area contributed by atoms with Gasteiger partial charge in [0.05, 0.1) is 0 Å². The molecule has 1 unspecified atom stereocenters. The minimum absolute atomic E-state index is 0.592. The number of anilines is 2. The second kappa shape index (κ2) is 5.30. The lowest BCUT2D eigenvalue weighted by molar-refractivity contribution is 0.0189. The molecule has 1 N–H and O–H groups in total. The summed E-state index contributed by atoms with van der Waals surface area (Å²) in [6, 6.07) is 2.51. The SMILES string of the molecule is CN(C)c1ccnc(NCC2CN3CCN2CC3)n1. The van der Waals surface area contributed by atoms with Gasteiger partial charge in [0.15, 0.2) is 0 Å². The van der Waals surface area contributed by atoms with Crippen molar-refractivity contribution in [3.63, 3.8) is 0 Å². The maximum absolute atomic E-state index is 4.49. The fourth-order valence-electron chi connectivity index (χ4n) is 2.81. The zero-order valence-corrected chi connectivity index (χ0v) is 11.7. The van der Waals surface area contributed by atoms with Crippen LogP contribution in [0.15, 0.2) is 12.3 Å². The highest BCUT2D eigenvalue weighted by Crippen LogP contribution is 2.16. The molecule has 3 fully saturated rings. The summed E-state index contributed by atoms with van der Waals surface area (Å²) in [4.78, 5) is 15.9. The Morgan fingerprint density at radius 3 is 2.74 bits per heavy atom. The molecule has 0 spiro atoms. The van der Waals surface area contributed by atoms with Gasteiger partial charge in [-0.3, -0.25) is 9.80 Å². The van der Waals surface area contributed by atoms with E-state index in [1.165, 1.54) is 32.7 Å². The van der Waals surface area contributed by atoms with Crippen LogP contribution in [0.5, 0.6) is 0 Å². The molecular formula is C13H22N6. The summed E-state index contributed by atoms with van der Waals surface area (Å²) in [6.45, 7) is 6.94. The molecule has 19 heavy (non-hydrogen) atoms.